The molecule has 130 valence electrons. The number of likely N-dealkylation sites (tertiary alicyclic amines) is 2. The van der Waals surface area contributed by atoms with Crippen LogP contribution in [0, 0.1) is 11.7 Å². The van der Waals surface area contributed by atoms with Crippen LogP contribution in [-0.2, 0) is 11.2 Å². The van der Waals surface area contributed by atoms with Gasteiger partial charge in [0.1, 0.15) is 5.82 Å². The summed E-state index contributed by atoms with van der Waals surface area (Å²) in [5, 5.41) is 0. The first-order chi connectivity index (χ1) is 11.7. The molecular formula is C20H27FN2O. The molecule has 0 aliphatic carbocycles. The second-order valence-electron chi connectivity index (χ2n) is 7.04. The molecule has 1 aromatic rings. The number of carbonyl (C=O) groups excluding carboxylic acids is 1. The van der Waals surface area contributed by atoms with Crippen LogP contribution in [0.5, 0.6) is 0 Å². The number of hydrogen-bond acceptors (Lipinski definition) is 2. The van der Waals surface area contributed by atoms with Gasteiger partial charge in [-0.1, -0.05) is 18.2 Å². The van der Waals surface area contributed by atoms with Gasteiger partial charge in [0, 0.05) is 19.6 Å². The molecule has 0 aromatic heterocycles. The lowest BCUT2D eigenvalue weighted by Gasteiger charge is -2.35. The molecule has 0 N–H and O–H groups in total. The third-order valence-corrected chi connectivity index (χ3v) is 5.38. The Morgan fingerprint density at radius 3 is 2.54 bits per heavy atom. The molecule has 3 nitrogen and oxygen atoms in total. The Bertz CT molecular complexity index is 564. The van der Waals surface area contributed by atoms with Crippen molar-refractivity contribution in [1.82, 2.24) is 9.80 Å². The fourth-order valence-corrected chi connectivity index (χ4v) is 4.01. The summed E-state index contributed by atoms with van der Waals surface area (Å²) in [4.78, 5) is 17.1. The smallest absolute Gasteiger partial charge is 0.239 e. The fourth-order valence-electron chi connectivity index (χ4n) is 4.01. The lowest BCUT2D eigenvalue weighted by atomic mass is 9.90. The molecule has 1 atom stereocenters. The maximum Gasteiger partial charge on any atom is 0.239 e. The van der Waals surface area contributed by atoms with Crippen molar-refractivity contribution in [1.29, 1.82) is 0 Å². The summed E-state index contributed by atoms with van der Waals surface area (Å²) in [5.41, 5.74) is 1.19. The quantitative estimate of drug-likeness (QED) is 0.774. The van der Waals surface area contributed by atoms with Crippen LogP contribution in [0.3, 0.4) is 0 Å². The van der Waals surface area contributed by atoms with E-state index in [1.54, 1.807) is 0 Å². The Kier molecular flexibility index (Phi) is 5.67. The Balaban J connectivity index is 1.50. The van der Waals surface area contributed by atoms with Gasteiger partial charge in [-0.3, -0.25) is 9.69 Å². The van der Waals surface area contributed by atoms with E-state index in [1.807, 2.05) is 23.1 Å². The van der Waals surface area contributed by atoms with Crippen molar-refractivity contribution < 1.29 is 9.18 Å². The largest absolute Gasteiger partial charge is 0.341 e. The molecule has 4 heteroatoms. The predicted molar refractivity (Wildman–Crippen MR) is 94.2 cm³/mol. The van der Waals surface area contributed by atoms with Gasteiger partial charge >= 0.3 is 0 Å². The summed E-state index contributed by atoms with van der Waals surface area (Å²) >= 11 is 0. The first-order valence-corrected chi connectivity index (χ1v) is 9.05. The van der Waals surface area contributed by atoms with Gasteiger partial charge in [0.25, 0.3) is 0 Å². The van der Waals surface area contributed by atoms with Crippen LogP contribution in [0.25, 0.3) is 0 Å². The van der Waals surface area contributed by atoms with Crippen molar-refractivity contribution in [2.45, 2.75) is 38.1 Å². The van der Waals surface area contributed by atoms with Crippen molar-refractivity contribution in [2.75, 3.05) is 26.2 Å². The van der Waals surface area contributed by atoms with Crippen molar-refractivity contribution in [3.63, 3.8) is 0 Å². The maximum absolute atomic E-state index is 13.0. The topological polar surface area (TPSA) is 23.6 Å². The first kappa shape index (κ1) is 17.2. The van der Waals surface area contributed by atoms with Crippen LogP contribution in [0.15, 0.2) is 36.9 Å². The van der Waals surface area contributed by atoms with Gasteiger partial charge < -0.3 is 4.90 Å². The van der Waals surface area contributed by atoms with E-state index < -0.39 is 0 Å². The van der Waals surface area contributed by atoms with Gasteiger partial charge in [-0.05, 0) is 62.3 Å². The van der Waals surface area contributed by atoms with E-state index in [0.29, 0.717) is 11.8 Å². The minimum Gasteiger partial charge on any atom is -0.341 e. The first-order valence-electron chi connectivity index (χ1n) is 9.05. The average Bonchev–Trinajstić information content (AvgIpc) is 3.06. The number of halogens is 1. The Morgan fingerprint density at radius 2 is 1.88 bits per heavy atom. The van der Waals surface area contributed by atoms with Gasteiger partial charge in [-0.2, -0.15) is 0 Å². The molecule has 2 saturated heterocycles. The van der Waals surface area contributed by atoms with Crippen LogP contribution < -0.4 is 0 Å². The zero-order valence-electron chi connectivity index (χ0n) is 14.3. The minimum atomic E-state index is -0.181. The number of nitrogens with zero attached hydrogens (tertiary/aromatic N) is 2. The number of amides is 1. The zero-order valence-corrected chi connectivity index (χ0v) is 14.3. The molecule has 24 heavy (non-hydrogen) atoms. The lowest BCUT2D eigenvalue weighted by Crippen LogP contribution is -2.48. The predicted octanol–water partition coefficient (Wildman–Crippen LogP) is 3.26. The molecule has 0 saturated carbocycles. The molecule has 2 aliphatic heterocycles. The minimum absolute atomic E-state index is 0.0525. The van der Waals surface area contributed by atoms with E-state index in [1.165, 1.54) is 17.7 Å². The monoisotopic (exact) mass is 330 g/mol. The highest BCUT2D eigenvalue weighted by Gasteiger charge is 2.34. The standard InChI is InChI=1S/C20H27FN2O/c1-2-11-22-12-3-4-19(22)20(24)23-13-9-17(10-14-23)15-16-5-7-18(21)8-6-16/h2,5-8,17,19H,1,3-4,9-15H2/t19-/m0/s1. The van der Waals surface area contributed by atoms with Crippen molar-refractivity contribution in [3.05, 3.63) is 48.3 Å². The van der Waals surface area contributed by atoms with Crippen LogP contribution in [-0.4, -0.2) is 47.9 Å². The van der Waals surface area contributed by atoms with Gasteiger partial charge in [0.15, 0.2) is 0 Å². The second kappa shape index (κ2) is 7.93. The van der Waals surface area contributed by atoms with E-state index >= 15 is 0 Å². The van der Waals surface area contributed by atoms with Gasteiger partial charge in [-0.15, -0.1) is 6.58 Å². The van der Waals surface area contributed by atoms with Crippen molar-refractivity contribution >= 4 is 5.91 Å². The van der Waals surface area contributed by atoms with E-state index in [-0.39, 0.29) is 11.9 Å². The number of rotatable bonds is 5. The fraction of sp³-hybridized carbons (Fsp3) is 0.550. The number of piperidine rings is 1. The van der Waals surface area contributed by atoms with E-state index in [2.05, 4.69) is 11.5 Å². The van der Waals surface area contributed by atoms with Crippen LogP contribution >= 0.6 is 0 Å². The summed E-state index contributed by atoms with van der Waals surface area (Å²) < 4.78 is 13.0. The van der Waals surface area contributed by atoms with Gasteiger partial charge in [0.05, 0.1) is 6.04 Å². The molecule has 0 unspecified atom stereocenters. The Labute approximate surface area is 144 Å². The summed E-state index contributed by atoms with van der Waals surface area (Å²) in [6.07, 6.45) is 7.02. The van der Waals surface area contributed by atoms with Crippen LogP contribution in [0.2, 0.25) is 0 Å². The number of hydrogen-bond donors (Lipinski definition) is 0. The molecule has 2 heterocycles. The van der Waals surface area contributed by atoms with Crippen LogP contribution in [0.4, 0.5) is 4.39 Å². The van der Waals surface area contributed by atoms with E-state index in [0.717, 1.165) is 58.3 Å². The van der Waals surface area contributed by atoms with Gasteiger partial charge in [-0.25, -0.2) is 4.39 Å². The number of benzene rings is 1. The SMILES string of the molecule is C=CCN1CCC[C@H]1C(=O)N1CCC(Cc2ccc(F)cc2)CC1. The summed E-state index contributed by atoms with van der Waals surface area (Å²) in [6, 6.07) is 6.86. The summed E-state index contributed by atoms with van der Waals surface area (Å²) in [6.45, 7) is 7.30. The third-order valence-electron chi connectivity index (χ3n) is 5.38. The highest BCUT2D eigenvalue weighted by atomic mass is 19.1. The second-order valence-corrected chi connectivity index (χ2v) is 7.04. The molecule has 0 radical (unpaired) electrons. The van der Waals surface area contributed by atoms with Gasteiger partial charge in [0.2, 0.25) is 5.91 Å². The van der Waals surface area contributed by atoms with Crippen molar-refractivity contribution in [3.8, 4) is 0 Å². The molecule has 3 rings (SSSR count). The maximum atomic E-state index is 13.0. The highest BCUT2D eigenvalue weighted by Crippen LogP contribution is 2.25. The Morgan fingerprint density at radius 1 is 1.17 bits per heavy atom. The number of carbonyl (C=O) groups is 1. The Hall–Kier alpha value is -1.68. The summed E-state index contributed by atoms with van der Waals surface area (Å²) in [7, 11) is 0. The van der Waals surface area contributed by atoms with Crippen molar-refractivity contribution in [2.24, 2.45) is 5.92 Å². The molecule has 2 aliphatic rings. The molecule has 2 fully saturated rings. The lowest BCUT2D eigenvalue weighted by molar-refractivity contribution is -0.137. The van der Waals surface area contributed by atoms with E-state index in [4.69, 9.17) is 0 Å². The third kappa shape index (κ3) is 4.04. The summed E-state index contributed by atoms with van der Waals surface area (Å²) in [5.74, 6) is 0.710. The normalized spacial score (nSPS) is 22.7. The average molecular weight is 330 g/mol. The molecular weight excluding hydrogens is 303 g/mol. The van der Waals surface area contributed by atoms with E-state index in [9.17, 15) is 9.18 Å². The zero-order chi connectivity index (χ0) is 16.9. The molecule has 1 aromatic carbocycles. The van der Waals surface area contributed by atoms with Crippen LogP contribution in [0.1, 0.15) is 31.2 Å². The molecule has 1 amide bonds. The highest BCUT2D eigenvalue weighted by molar-refractivity contribution is 5.82. The molecule has 0 bridgehead atoms. The molecule has 0 spiro atoms.